The van der Waals surface area contributed by atoms with Crippen LogP contribution in [0.15, 0.2) is 137 Å². The number of para-hydroxylation sites is 1. The Morgan fingerprint density at radius 3 is 2.28 bits per heavy atom. The van der Waals surface area contributed by atoms with E-state index in [1.807, 2.05) is 91.9 Å². The summed E-state index contributed by atoms with van der Waals surface area (Å²) in [5.74, 6) is 0.196. The summed E-state index contributed by atoms with van der Waals surface area (Å²) >= 11 is 3.33. The lowest BCUT2D eigenvalue weighted by Crippen LogP contribution is -2.45. The molecule has 6 aromatic rings. The Balaban J connectivity index is 1.07. The van der Waals surface area contributed by atoms with Crippen LogP contribution < -0.4 is 10.0 Å². The van der Waals surface area contributed by atoms with Gasteiger partial charge in [0.25, 0.3) is 0 Å². The molecule has 9 nitrogen and oxygen atoms in total. The quantitative estimate of drug-likeness (QED) is 0.101. The van der Waals surface area contributed by atoms with Crippen LogP contribution in [0.3, 0.4) is 0 Å². The predicted octanol–water partition coefficient (Wildman–Crippen LogP) is 7.96. The van der Waals surface area contributed by atoms with Crippen LogP contribution in [0, 0.1) is 6.92 Å². The molecule has 1 fully saturated rings. The molecule has 2 heterocycles. The summed E-state index contributed by atoms with van der Waals surface area (Å²) in [6, 6.07) is 37.8. The minimum absolute atomic E-state index is 0.0342. The lowest BCUT2D eigenvalue weighted by molar-refractivity contribution is -0.245. The highest BCUT2D eigenvalue weighted by molar-refractivity contribution is 8.01. The number of nitrogens with one attached hydrogen (secondary N) is 2. The Bertz CT molecular complexity index is 2210. The predicted molar refractivity (Wildman–Crippen MR) is 209 cm³/mol. The van der Waals surface area contributed by atoms with Gasteiger partial charge >= 0.3 is 0 Å². The number of amides is 1. The van der Waals surface area contributed by atoms with E-state index in [0.29, 0.717) is 17.9 Å². The standard InChI is InChI=1S/C41H39N3O6S3/c1-27-11-21-34(22-12-27)53(47,48)44-36(23-28-7-3-2-4-8-28)39(46)42-32-19-17-31(18-20-32)40-49-33(24-37(50-40)30-15-13-29(25-45)14-16-30)26-51-41-43-35-9-5-6-10-38(35)52-41/h2-22,33,36-37,40,44-45H,23-26H2,1H3,(H,42,46)/t33-,36+,37+,40+/m0/s1. The number of aryl methyl sites for hydroxylation is 1. The Morgan fingerprint density at radius 2 is 1.57 bits per heavy atom. The van der Waals surface area contributed by atoms with Crippen molar-refractivity contribution >= 4 is 54.9 Å². The summed E-state index contributed by atoms with van der Waals surface area (Å²) in [4.78, 5) is 18.6. The highest BCUT2D eigenvalue weighted by Crippen LogP contribution is 2.40. The van der Waals surface area contributed by atoms with E-state index in [1.54, 1.807) is 47.4 Å². The molecule has 53 heavy (non-hydrogen) atoms. The molecule has 1 amide bonds. The van der Waals surface area contributed by atoms with Crippen LogP contribution >= 0.6 is 23.1 Å². The highest BCUT2D eigenvalue weighted by atomic mass is 32.2. The van der Waals surface area contributed by atoms with Gasteiger partial charge in [0.1, 0.15) is 6.04 Å². The molecule has 7 rings (SSSR count). The van der Waals surface area contributed by atoms with Gasteiger partial charge in [0.2, 0.25) is 15.9 Å². The summed E-state index contributed by atoms with van der Waals surface area (Å²) in [5, 5.41) is 12.5. The van der Waals surface area contributed by atoms with E-state index < -0.39 is 28.3 Å². The maximum absolute atomic E-state index is 13.7. The molecule has 0 bridgehead atoms. The average molecular weight is 766 g/mol. The molecule has 4 atom stereocenters. The molecule has 12 heteroatoms. The number of aliphatic hydroxyl groups excluding tert-OH is 1. The number of fused-ring (bicyclic) bond motifs is 1. The van der Waals surface area contributed by atoms with E-state index in [-0.39, 0.29) is 30.1 Å². The number of ether oxygens (including phenoxy) is 2. The molecule has 5 aromatic carbocycles. The second kappa shape index (κ2) is 16.7. The molecule has 3 N–H and O–H groups in total. The number of rotatable bonds is 13. The van der Waals surface area contributed by atoms with Crippen LogP contribution in [0.1, 0.15) is 46.6 Å². The van der Waals surface area contributed by atoms with Crippen molar-refractivity contribution < 1.29 is 27.8 Å². The van der Waals surface area contributed by atoms with E-state index in [9.17, 15) is 18.3 Å². The maximum Gasteiger partial charge on any atom is 0.242 e. The zero-order chi connectivity index (χ0) is 36.8. The maximum atomic E-state index is 13.7. The van der Waals surface area contributed by atoms with E-state index in [2.05, 4.69) is 16.1 Å². The number of nitrogens with zero attached hydrogens (tertiary/aromatic N) is 1. The topological polar surface area (TPSA) is 127 Å². The number of aromatic nitrogens is 1. The van der Waals surface area contributed by atoms with Crippen LogP contribution in [-0.2, 0) is 37.3 Å². The molecule has 0 saturated carbocycles. The van der Waals surface area contributed by atoms with Gasteiger partial charge in [0.15, 0.2) is 10.6 Å². The van der Waals surface area contributed by atoms with Crippen molar-refractivity contribution in [2.24, 2.45) is 0 Å². The number of anilines is 1. The molecule has 0 spiro atoms. The van der Waals surface area contributed by atoms with E-state index in [4.69, 9.17) is 14.5 Å². The summed E-state index contributed by atoms with van der Waals surface area (Å²) in [6.07, 6.45) is -0.266. The molecule has 0 radical (unpaired) electrons. The summed E-state index contributed by atoms with van der Waals surface area (Å²) in [5.41, 5.74) is 5.82. The molecule has 1 aliphatic heterocycles. The third-order valence-corrected chi connectivity index (χ3v) is 12.8. The molecule has 0 unspecified atom stereocenters. The minimum Gasteiger partial charge on any atom is -0.392 e. The number of hydrogen-bond donors (Lipinski definition) is 3. The Labute approximate surface area is 317 Å². The number of benzene rings is 5. The van der Waals surface area contributed by atoms with Crippen LogP contribution in [0.4, 0.5) is 5.69 Å². The fraction of sp³-hybridized carbons (Fsp3) is 0.220. The number of carbonyl (C=O) groups excluding carboxylic acids is 1. The van der Waals surface area contributed by atoms with Crippen molar-refractivity contribution in [1.82, 2.24) is 9.71 Å². The molecular weight excluding hydrogens is 727 g/mol. The van der Waals surface area contributed by atoms with Gasteiger partial charge < -0.3 is 19.9 Å². The van der Waals surface area contributed by atoms with Gasteiger partial charge in [0, 0.05) is 23.4 Å². The molecule has 1 aliphatic rings. The van der Waals surface area contributed by atoms with Gasteiger partial charge in [-0.3, -0.25) is 4.79 Å². The number of thioether (sulfide) groups is 1. The normalized spacial score (nSPS) is 18.1. The SMILES string of the molecule is Cc1ccc(S(=O)(=O)N[C@H](Cc2ccccc2)C(=O)Nc2ccc([C@@H]3O[C@H](CSc4nc5ccccc5s4)C[C@H](c4ccc(CO)cc4)O3)cc2)cc1. The van der Waals surface area contributed by atoms with Crippen LogP contribution in [0.25, 0.3) is 10.2 Å². The largest absolute Gasteiger partial charge is 0.392 e. The second-order valence-electron chi connectivity index (χ2n) is 12.9. The van der Waals surface area contributed by atoms with Gasteiger partial charge in [-0.2, -0.15) is 4.72 Å². The first-order valence-corrected chi connectivity index (χ1v) is 20.5. The van der Waals surface area contributed by atoms with Crippen molar-refractivity contribution in [2.75, 3.05) is 11.1 Å². The lowest BCUT2D eigenvalue weighted by Gasteiger charge is -2.36. The fourth-order valence-corrected chi connectivity index (χ4v) is 9.37. The lowest BCUT2D eigenvalue weighted by atomic mass is 10.0. The van der Waals surface area contributed by atoms with Crippen LogP contribution in [0.2, 0.25) is 0 Å². The number of sulfonamides is 1. The van der Waals surface area contributed by atoms with Gasteiger partial charge in [-0.1, -0.05) is 108 Å². The summed E-state index contributed by atoms with van der Waals surface area (Å²) < 4.78 is 44.5. The first-order chi connectivity index (χ1) is 25.7. The number of carbonyl (C=O) groups is 1. The number of aliphatic hydroxyl groups is 1. The van der Waals surface area contributed by atoms with Gasteiger partial charge in [-0.05, 0) is 66.4 Å². The zero-order valence-corrected chi connectivity index (χ0v) is 31.4. The van der Waals surface area contributed by atoms with Gasteiger partial charge in [-0.15, -0.1) is 11.3 Å². The fourth-order valence-electron chi connectivity index (χ4n) is 6.06. The van der Waals surface area contributed by atoms with Crippen LogP contribution in [0.5, 0.6) is 0 Å². The second-order valence-corrected chi connectivity index (χ2v) is 16.9. The minimum atomic E-state index is -3.98. The van der Waals surface area contributed by atoms with Crippen molar-refractivity contribution in [2.45, 2.75) is 60.1 Å². The summed E-state index contributed by atoms with van der Waals surface area (Å²) in [7, 11) is -3.98. The Kier molecular flexibility index (Phi) is 11.7. The highest BCUT2D eigenvalue weighted by Gasteiger charge is 2.33. The number of thiazole rings is 1. The van der Waals surface area contributed by atoms with Gasteiger partial charge in [0.05, 0.1) is 33.9 Å². The third-order valence-electron chi connectivity index (χ3n) is 8.96. The van der Waals surface area contributed by atoms with Crippen molar-refractivity contribution in [3.8, 4) is 0 Å². The smallest absolute Gasteiger partial charge is 0.242 e. The van der Waals surface area contributed by atoms with Gasteiger partial charge in [-0.25, -0.2) is 13.4 Å². The molecule has 1 aromatic heterocycles. The summed E-state index contributed by atoms with van der Waals surface area (Å²) in [6.45, 7) is 1.85. The molecular formula is C41H39N3O6S3. The zero-order valence-electron chi connectivity index (χ0n) is 28.9. The third kappa shape index (κ3) is 9.40. The van der Waals surface area contributed by atoms with Crippen molar-refractivity contribution in [3.05, 3.63) is 155 Å². The number of hydrogen-bond acceptors (Lipinski definition) is 9. The van der Waals surface area contributed by atoms with Crippen molar-refractivity contribution in [1.29, 1.82) is 0 Å². The van der Waals surface area contributed by atoms with E-state index in [1.165, 1.54) is 12.1 Å². The van der Waals surface area contributed by atoms with Crippen LogP contribution in [-0.4, -0.2) is 42.3 Å². The molecule has 1 saturated heterocycles. The average Bonchev–Trinajstić information content (AvgIpc) is 3.61. The Hall–Kier alpha value is -4.40. The first-order valence-electron chi connectivity index (χ1n) is 17.2. The van der Waals surface area contributed by atoms with Crippen molar-refractivity contribution in [3.63, 3.8) is 0 Å². The molecule has 0 aliphatic carbocycles. The van der Waals surface area contributed by atoms with E-state index >= 15 is 0 Å². The molecule has 272 valence electrons. The first kappa shape index (κ1) is 36.9. The Morgan fingerprint density at radius 1 is 0.868 bits per heavy atom. The monoisotopic (exact) mass is 765 g/mol. The van der Waals surface area contributed by atoms with E-state index in [0.717, 1.165) is 42.4 Å².